The Labute approximate surface area is 158 Å². The zero-order valence-electron chi connectivity index (χ0n) is 14.3. The van der Waals surface area contributed by atoms with Gasteiger partial charge in [-0.1, -0.05) is 55.3 Å². The molecule has 0 aliphatic rings. The molecule has 3 aromatic rings. The second-order valence-electron chi connectivity index (χ2n) is 6.04. The molecule has 0 saturated heterocycles. The molecule has 3 rings (SSSR count). The smallest absolute Gasteiger partial charge is 0.238 e. The SMILES string of the molecule is CCCc1cnc(-c2ccc(Cl)cc2)c(-c2ccccc2S(N)(=O)=O)c1. The van der Waals surface area contributed by atoms with E-state index in [2.05, 4.69) is 11.9 Å². The van der Waals surface area contributed by atoms with Gasteiger partial charge in [-0.2, -0.15) is 0 Å². The topological polar surface area (TPSA) is 73.0 Å². The molecule has 134 valence electrons. The highest BCUT2D eigenvalue weighted by Crippen LogP contribution is 2.35. The maximum Gasteiger partial charge on any atom is 0.238 e. The number of nitrogens with zero attached hydrogens (tertiary/aromatic N) is 1. The molecule has 2 aromatic carbocycles. The molecule has 0 spiro atoms. The van der Waals surface area contributed by atoms with E-state index < -0.39 is 10.0 Å². The molecule has 26 heavy (non-hydrogen) atoms. The molecule has 2 N–H and O–H groups in total. The van der Waals surface area contributed by atoms with Crippen LogP contribution in [0.5, 0.6) is 0 Å². The molecule has 0 aliphatic heterocycles. The van der Waals surface area contributed by atoms with Gasteiger partial charge < -0.3 is 0 Å². The van der Waals surface area contributed by atoms with Crippen LogP contribution >= 0.6 is 11.6 Å². The summed E-state index contributed by atoms with van der Waals surface area (Å²) in [6.07, 6.45) is 3.66. The van der Waals surface area contributed by atoms with Crippen molar-refractivity contribution in [1.82, 2.24) is 4.98 Å². The number of benzene rings is 2. The molecule has 0 amide bonds. The van der Waals surface area contributed by atoms with Crippen LogP contribution in [0.4, 0.5) is 0 Å². The molecule has 0 atom stereocenters. The Balaban J connectivity index is 2.28. The number of primary sulfonamides is 1. The number of halogens is 1. The van der Waals surface area contributed by atoms with Crippen molar-refractivity contribution < 1.29 is 8.42 Å². The van der Waals surface area contributed by atoms with Crippen LogP contribution in [0.25, 0.3) is 22.4 Å². The molecule has 1 aromatic heterocycles. The minimum atomic E-state index is -3.86. The lowest BCUT2D eigenvalue weighted by atomic mass is 9.97. The third kappa shape index (κ3) is 3.96. The van der Waals surface area contributed by atoms with Gasteiger partial charge in [-0.3, -0.25) is 4.98 Å². The predicted molar refractivity (Wildman–Crippen MR) is 105 cm³/mol. The number of pyridine rings is 1. The Morgan fingerprint density at radius 2 is 1.73 bits per heavy atom. The van der Waals surface area contributed by atoms with Gasteiger partial charge >= 0.3 is 0 Å². The lowest BCUT2D eigenvalue weighted by Crippen LogP contribution is -2.13. The van der Waals surface area contributed by atoms with E-state index in [1.54, 1.807) is 30.3 Å². The van der Waals surface area contributed by atoms with Gasteiger partial charge in [-0.25, -0.2) is 13.6 Å². The van der Waals surface area contributed by atoms with Crippen LogP contribution in [0.2, 0.25) is 5.02 Å². The van der Waals surface area contributed by atoms with Crippen LogP contribution in [0.1, 0.15) is 18.9 Å². The minimum absolute atomic E-state index is 0.0886. The maximum atomic E-state index is 12.1. The van der Waals surface area contributed by atoms with E-state index in [9.17, 15) is 8.42 Å². The van der Waals surface area contributed by atoms with Gasteiger partial charge in [0.2, 0.25) is 10.0 Å². The molecule has 4 nitrogen and oxygen atoms in total. The number of hydrogen-bond donors (Lipinski definition) is 1. The third-order valence-electron chi connectivity index (χ3n) is 4.08. The van der Waals surface area contributed by atoms with Crippen molar-refractivity contribution in [1.29, 1.82) is 0 Å². The third-order valence-corrected chi connectivity index (χ3v) is 5.31. The van der Waals surface area contributed by atoms with Crippen LogP contribution in [-0.2, 0) is 16.4 Å². The summed E-state index contributed by atoms with van der Waals surface area (Å²) >= 11 is 5.99. The number of aryl methyl sites for hydroxylation is 1. The highest BCUT2D eigenvalue weighted by molar-refractivity contribution is 7.89. The molecule has 0 radical (unpaired) electrons. The Kier molecular flexibility index (Phi) is 5.41. The molecular formula is C20H19ClN2O2S. The summed E-state index contributed by atoms with van der Waals surface area (Å²) in [4.78, 5) is 4.71. The van der Waals surface area contributed by atoms with Gasteiger partial charge in [0, 0.05) is 27.9 Å². The first kappa shape index (κ1) is 18.6. The molecule has 6 heteroatoms. The Morgan fingerprint density at radius 1 is 1.04 bits per heavy atom. The fourth-order valence-corrected chi connectivity index (χ4v) is 3.79. The lowest BCUT2D eigenvalue weighted by Gasteiger charge is -2.14. The van der Waals surface area contributed by atoms with E-state index in [-0.39, 0.29) is 4.90 Å². The normalized spacial score (nSPS) is 11.5. The van der Waals surface area contributed by atoms with E-state index in [4.69, 9.17) is 16.7 Å². The van der Waals surface area contributed by atoms with Crippen LogP contribution in [0.3, 0.4) is 0 Å². The largest absolute Gasteiger partial charge is 0.255 e. The summed E-state index contributed by atoms with van der Waals surface area (Å²) in [6.45, 7) is 2.09. The van der Waals surface area contributed by atoms with E-state index in [1.165, 1.54) is 6.07 Å². The monoisotopic (exact) mass is 386 g/mol. The number of nitrogens with two attached hydrogens (primary N) is 1. The summed E-state index contributed by atoms with van der Waals surface area (Å²) in [5.41, 5.74) is 3.88. The minimum Gasteiger partial charge on any atom is -0.255 e. The Morgan fingerprint density at radius 3 is 2.38 bits per heavy atom. The van der Waals surface area contributed by atoms with Crippen molar-refractivity contribution in [3.8, 4) is 22.4 Å². The molecule has 0 unspecified atom stereocenters. The zero-order chi connectivity index (χ0) is 18.7. The fourth-order valence-electron chi connectivity index (χ4n) is 2.91. The first-order chi connectivity index (χ1) is 12.4. The van der Waals surface area contributed by atoms with Crippen molar-refractivity contribution in [2.24, 2.45) is 5.14 Å². The molecule has 1 heterocycles. The van der Waals surface area contributed by atoms with Crippen molar-refractivity contribution in [2.45, 2.75) is 24.7 Å². The van der Waals surface area contributed by atoms with E-state index >= 15 is 0 Å². The highest BCUT2D eigenvalue weighted by atomic mass is 35.5. The summed E-state index contributed by atoms with van der Waals surface area (Å²) in [7, 11) is -3.86. The summed E-state index contributed by atoms with van der Waals surface area (Å²) in [6, 6.07) is 16.0. The van der Waals surface area contributed by atoms with Crippen molar-refractivity contribution in [3.63, 3.8) is 0 Å². The average Bonchev–Trinajstić information content (AvgIpc) is 2.62. The summed E-state index contributed by atoms with van der Waals surface area (Å²) in [5, 5.41) is 6.06. The molecule has 0 aliphatic carbocycles. The standard InChI is InChI=1S/C20H19ClN2O2S/c1-2-5-14-12-18(17-6-3-4-7-19(17)26(22,24)25)20(23-13-14)15-8-10-16(21)11-9-15/h3-4,6-13H,2,5H2,1H3,(H2,22,24,25). The number of rotatable bonds is 5. The van der Waals surface area contributed by atoms with Gasteiger partial charge in [0.15, 0.2) is 0 Å². The van der Waals surface area contributed by atoms with Crippen LogP contribution in [0.15, 0.2) is 65.7 Å². The highest BCUT2D eigenvalue weighted by Gasteiger charge is 2.18. The van der Waals surface area contributed by atoms with E-state index in [0.29, 0.717) is 16.3 Å². The van der Waals surface area contributed by atoms with Crippen LogP contribution in [-0.4, -0.2) is 13.4 Å². The van der Waals surface area contributed by atoms with E-state index in [0.717, 1.165) is 29.5 Å². The Hall–Kier alpha value is -2.21. The van der Waals surface area contributed by atoms with Gasteiger partial charge in [0.05, 0.1) is 10.6 Å². The van der Waals surface area contributed by atoms with Gasteiger partial charge in [-0.05, 0) is 36.2 Å². The molecular weight excluding hydrogens is 368 g/mol. The zero-order valence-corrected chi connectivity index (χ0v) is 15.9. The molecule has 0 saturated carbocycles. The number of aromatic nitrogens is 1. The van der Waals surface area contributed by atoms with Gasteiger partial charge in [-0.15, -0.1) is 0 Å². The van der Waals surface area contributed by atoms with Crippen molar-refractivity contribution in [3.05, 3.63) is 71.4 Å². The first-order valence-corrected chi connectivity index (χ1v) is 10.2. The predicted octanol–water partition coefficient (Wildman–Crippen LogP) is 4.67. The second kappa shape index (κ2) is 7.58. The average molecular weight is 387 g/mol. The fraction of sp³-hybridized carbons (Fsp3) is 0.150. The maximum absolute atomic E-state index is 12.1. The van der Waals surface area contributed by atoms with Gasteiger partial charge in [0.1, 0.15) is 0 Å². The molecule has 0 bridgehead atoms. The summed E-state index contributed by atoms with van der Waals surface area (Å²) in [5.74, 6) is 0. The number of sulfonamides is 1. The van der Waals surface area contributed by atoms with Crippen LogP contribution < -0.4 is 5.14 Å². The van der Waals surface area contributed by atoms with Crippen molar-refractivity contribution in [2.75, 3.05) is 0 Å². The van der Waals surface area contributed by atoms with Crippen molar-refractivity contribution >= 4 is 21.6 Å². The first-order valence-electron chi connectivity index (χ1n) is 8.27. The number of hydrogen-bond acceptors (Lipinski definition) is 3. The van der Waals surface area contributed by atoms with Gasteiger partial charge in [0.25, 0.3) is 0 Å². The van der Waals surface area contributed by atoms with E-state index in [1.807, 2.05) is 24.4 Å². The Bertz CT molecular complexity index is 1030. The second-order valence-corrected chi connectivity index (χ2v) is 8.00. The lowest BCUT2D eigenvalue weighted by molar-refractivity contribution is 0.598. The molecule has 0 fully saturated rings. The summed E-state index contributed by atoms with van der Waals surface area (Å²) < 4.78 is 24.1. The van der Waals surface area contributed by atoms with Crippen LogP contribution in [0, 0.1) is 0 Å². The quantitative estimate of drug-likeness (QED) is 0.692.